The van der Waals surface area contributed by atoms with Crippen LogP contribution in [0.3, 0.4) is 0 Å². The summed E-state index contributed by atoms with van der Waals surface area (Å²) in [6, 6.07) is 14.0. The number of benzene rings is 2. The largest absolute Gasteiger partial charge is 0.493 e. The molecular weight excluding hydrogens is 302 g/mol. The van der Waals surface area contributed by atoms with Crippen molar-refractivity contribution >= 4 is 5.78 Å². The van der Waals surface area contributed by atoms with Crippen molar-refractivity contribution in [2.45, 2.75) is 18.6 Å². The molecule has 0 N–H and O–H groups in total. The van der Waals surface area contributed by atoms with Gasteiger partial charge in [0, 0.05) is 6.54 Å². The first-order valence-electron chi connectivity index (χ1n) is 8.00. The highest BCUT2D eigenvalue weighted by Crippen LogP contribution is 2.50. The van der Waals surface area contributed by atoms with Crippen LogP contribution >= 0.6 is 0 Å². The van der Waals surface area contributed by atoms with Crippen molar-refractivity contribution in [3.63, 3.8) is 0 Å². The average molecular weight is 321 g/mol. The number of fused-ring (bicyclic) bond motifs is 5. The van der Waals surface area contributed by atoms with E-state index in [0.717, 1.165) is 17.7 Å². The van der Waals surface area contributed by atoms with Crippen LogP contribution in [-0.2, 0) is 11.3 Å². The molecule has 2 unspecified atom stereocenters. The highest BCUT2D eigenvalue weighted by atomic mass is 16.5. The van der Waals surface area contributed by atoms with Crippen LogP contribution in [0.4, 0.5) is 0 Å². The van der Waals surface area contributed by atoms with Crippen LogP contribution < -0.4 is 9.47 Å². The Morgan fingerprint density at radius 1 is 1.00 bits per heavy atom. The Kier molecular flexibility index (Phi) is 3.62. The van der Waals surface area contributed by atoms with Crippen molar-refractivity contribution in [2.75, 3.05) is 14.2 Å². The van der Waals surface area contributed by atoms with Crippen LogP contribution in [0.5, 0.6) is 11.5 Å². The number of carbonyl (C=O) groups is 1. The lowest BCUT2D eigenvalue weighted by Gasteiger charge is -2.30. The number of methoxy groups -OCH3 is 2. The monoisotopic (exact) mass is 321 g/mol. The molecule has 2 aliphatic rings. The summed E-state index contributed by atoms with van der Waals surface area (Å²) in [6.07, 6.45) is 3.69. The second kappa shape index (κ2) is 5.80. The summed E-state index contributed by atoms with van der Waals surface area (Å²) in [5.41, 5.74) is 3.33. The lowest BCUT2D eigenvalue weighted by molar-refractivity contribution is -0.120. The zero-order valence-corrected chi connectivity index (χ0v) is 13.7. The van der Waals surface area contributed by atoms with Gasteiger partial charge in [-0.1, -0.05) is 36.4 Å². The van der Waals surface area contributed by atoms with Crippen molar-refractivity contribution in [1.29, 1.82) is 0 Å². The molecule has 0 radical (unpaired) electrons. The predicted molar refractivity (Wildman–Crippen MR) is 91.2 cm³/mol. The molecule has 2 aromatic carbocycles. The molecule has 2 aliphatic heterocycles. The first-order valence-corrected chi connectivity index (χ1v) is 8.00. The molecule has 2 atom stereocenters. The lowest BCUT2D eigenvalue weighted by Crippen LogP contribution is -2.32. The summed E-state index contributed by atoms with van der Waals surface area (Å²) in [7, 11) is 3.25. The Morgan fingerprint density at radius 3 is 2.33 bits per heavy atom. The van der Waals surface area contributed by atoms with Crippen molar-refractivity contribution in [3.05, 3.63) is 71.3 Å². The third-order valence-electron chi connectivity index (χ3n) is 4.81. The first-order chi connectivity index (χ1) is 11.7. The molecule has 0 aromatic heterocycles. The van der Waals surface area contributed by atoms with Gasteiger partial charge >= 0.3 is 0 Å². The molecule has 0 fully saturated rings. The summed E-state index contributed by atoms with van der Waals surface area (Å²) in [4.78, 5) is 14.8. The van der Waals surface area contributed by atoms with E-state index in [9.17, 15) is 4.79 Å². The minimum absolute atomic E-state index is 0.0858. The highest BCUT2D eigenvalue weighted by Gasteiger charge is 2.43. The van der Waals surface area contributed by atoms with Gasteiger partial charge < -0.3 is 9.47 Å². The molecule has 0 amide bonds. The third-order valence-corrected chi connectivity index (χ3v) is 4.81. The van der Waals surface area contributed by atoms with Crippen LogP contribution in [0.2, 0.25) is 0 Å². The maximum Gasteiger partial charge on any atom is 0.177 e. The molecule has 4 rings (SSSR count). The van der Waals surface area contributed by atoms with Gasteiger partial charge in [0.15, 0.2) is 17.3 Å². The third kappa shape index (κ3) is 2.22. The van der Waals surface area contributed by atoms with E-state index >= 15 is 0 Å². The highest BCUT2D eigenvalue weighted by molar-refractivity contribution is 5.97. The van der Waals surface area contributed by atoms with Gasteiger partial charge in [-0.25, -0.2) is 0 Å². The fraction of sp³-hybridized carbons (Fsp3) is 0.250. The van der Waals surface area contributed by atoms with Gasteiger partial charge in [0.05, 0.1) is 26.3 Å². The lowest BCUT2D eigenvalue weighted by atomic mass is 10.0. The van der Waals surface area contributed by atoms with E-state index in [4.69, 9.17) is 9.47 Å². The van der Waals surface area contributed by atoms with E-state index in [2.05, 4.69) is 17.0 Å². The fourth-order valence-electron chi connectivity index (χ4n) is 3.71. The molecule has 24 heavy (non-hydrogen) atoms. The molecule has 2 heterocycles. The molecule has 2 aromatic rings. The molecular formula is C20H19NO3. The van der Waals surface area contributed by atoms with Gasteiger partial charge in [0.25, 0.3) is 0 Å². The van der Waals surface area contributed by atoms with E-state index in [1.54, 1.807) is 20.3 Å². The van der Waals surface area contributed by atoms with E-state index in [1.807, 2.05) is 36.4 Å². The average Bonchev–Trinajstić information content (AvgIpc) is 2.82. The van der Waals surface area contributed by atoms with Crippen LogP contribution in [0, 0.1) is 0 Å². The summed E-state index contributed by atoms with van der Waals surface area (Å²) in [5.74, 6) is 1.48. The predicted octanol–water partition coefficient (Wildman–Crippen LogP) is 3.44. The SMILES string of the molecule is COc1cc2c(cc1OC)C1C(=O)C=CC2N1Cc1ccccc1. The zero-order chi connectivity index (χ0) is 16.7. The van der Waals surface area contributed by atoms with Crippen LogP contribution in [0.25, 0.3) is 0 Å². The van der Waals surface area contributed by atoms with Gasteiger partial charge in [0.1, 0.15) is 0 Å². The molecule has 0 spiro atoms. The molecule has 122 valence electrons. The molecule has 0 saturated heterocycles. The Bertz CT molecular complexity index is 813. The Labute approximate surface area is 141 Å². The summed E-state index contributed by atoms with van der Waals surface area (Å²) in [6.45, 7) is 0.728. The van der Waals surface area contributed by atoms with E-state index < -0.39 is 0 Å². The van der Waals surface area contributed by atoms with E-state index in [1.165, 1.54) is 5.56 Å². The summed E-state index contributed by atoms with van der Waals surface area (Å²) in [5, 5.41) is 0. The standard InChI is InChI=1S/C20H19NO3/c1-23-18-10-14-15(11-19(18)24-2)20-17(22)9-8-16(14)21(20)12-13-6-4-3-5-7-13/h3-11,16,20H,12H2,1-2H3. The normalized spacial score (nSPS) is 21.7. The fourth-order valence-corrected chi connectivity index (χ4v) is 3.71. The van der Waals surface area contributed by atoms with Gasteiger partial charge in [-0.3, -0.25) is 9.69 Å². The van der Waals surface area contributed by atoms with Crippen LogP contribution in [0.15, 0.2) is 54.6 Å². The maximum absolute atomic E-state index is 12.6. The summed E-state index contributed by atoms with van der Waals surface area (Å²) < 4.78 is 10.9. The number of nitrogens with zero attached hydrogens (tertiary/aromatic N) is 1. The smallest absolute Gasteiger partial charge is 0.177 e. The number of hydrogen-bond acceptors (Lipinski definition) is 4. The van der Waals surface area contributed by atoms with Crippen molar-refractivity contribution in [1.82, 2.24) is 4.90 Å². The Hall–Kier alpha value is -2.59. The zero-order valence-electron chi connectivity index (χ0n) is 13.7. The van der Waals surface area contributed by atoms with E-state index in [-0.39, 0.29) is 17.9 Å². The number of hydrogen-bond donors (Lipinski definition) is 0. The molecule has 2 bridgehead atoms. The van der Waals surface area contributed by atoms with Gasteiger partial charge in [-0.15, -0.1) is 0 Å². The van der Waals surface area contributed by atoms with Crippen LogP contribution in [0.1, 0.15) is 28.8 Å². The number of ketones is 1. The molecule has 4 nitrogen and oxygen atoms in total. The topological polar surface area (TPSA) is 38.8 Å². The van der Waals surface area contributed by atoms with Crippen LogP contribution in [-0.4, -0.2) is 24.9 Å². The second-order valence-corrected chi connectivity index (χ2v) is 6.10. The maximum atomic E-state index is 12.6. The molecule has 0 aliphatic carbocycles. The van der Waals surface area contributed by atoms with Gasteiger partial charge in [0.2, 0.25) is 0 Å². The van der Waals surface area contributed by atoms with Crippen molar-refractivity contribution in [2.24, 2.45) is 0 Å². The number of rotatable bonds is 4. The quantitative estimate of drug-likeness (QED) is 0.865. The minimum Gasteiger partial charge on any atom is -0.493 e. The Morgan fingerprint density at radius 2 is 1.67 bits per heavy atom. The minimum atomic E-state index is -0.255. The van der Waals surface area contributed by atoms with Crippen molar-refractivity contribution in [3.8, 4) is 11.5 Å². The second-order valence-electron chi connectivity index (χ2n) is 6.10. The molecule has 0 saturated carbocycles. The van der Waals surface area contributed by atoms with Gasteiger partial charge in [-0.2, -0.15) is 0 Å². The van der Waals surface area contributed by atoms with Crippen molar-refractivity contribution < 1.29 is 14.3 Å². The summed E-state index contributed by atoms with van der Waals surface area (Å²) >= 11 is 0. The van der Waals surface area contributed by atoms with Gasteiger partial charge in [-0.05, 0) is 34.9 Å². The Balaban J connectivity index is 1.79. The number of carbonyl (C=O) groups excluding carboxylic acids is 1. The first kappa shape index (κ1) is 15.0. The molecule has 4 heteroatoms. The van der Waals surface area contributed by atoms with E-state index in [0.29, 0.717) is 11.5 Å². The number of ether oxygens (including phenoxy) is 2.